The first-order valence-electron chi connectivity index (χ1n) is 7.78. The van der Waals surface area contributed by atoms with Crippen LogP contribution in [0.3, 0.4) is 0 Å². The van der Waals surface area contributed by atoms with Crippen LogP contribution < -0.4 is 15.5 Å². The SMILES string of the molecule is O=C(O)CCCNC(=O)NCC1CCN(c2cccc(Br)c2)C1. The Morgan fingerprint density at radius 2 is 2.17 bits per heavy atom. The first-order chi connectivity index (χ1) is 11.0. The van der Waals surface area contributed by atoms with Crippen molar-refractivity contribution in [2.24, 2.45) is 5.92 Å². The molecule has 23 heavy (non-hydrogen) atoms. The molecule has 3 N–H and O–H groups in total. The Morgan fingerprint density at radius 1 is 1.35 bits per heavy atom. The molecule has 2 amide bonds. The van der Waals surface area contributed by atoms with E-state index in [1.807, 2.05) is 12.1 Å². The lowest BCUT2D eigenvalue weighted by atomic mass is 10.1. The van der Waals surface area contributed by atoms with E-state index in [4.69, 9.17) is 5.11 Å². The van der Waals surface area contributed by atoms with Crippen molar-refractivity contribution in [1.82, 2.24) is 10.6 Å². The average molecular weight is 384 g/mol. The first-order valence-corrected chi connectivity index (χ1v) is 8.58. The van der Waals surface area contributed by atoms with Gasteiger partial charge in [0, 0.05) is 42.8 Å². The molecule has 126 valence electrons. The van der Waals surface area contributed by atoms with Gasteiger partial charge < -0.3 is 20.6 Å². The number of halogens is 1. The van der Waals surface area contributed by atoms with Crippen molar-refractivity contribution in [1.29, 1.82) is 0 Å². The molecule has 1 atom stereocenters. The van der Waals surface area contributed by atoms with E-state index in [1.165, 1.54) is 5.69 Å². The van der Waals surface area contributed by atoms with Crippen LogP contribution in [0.5, 0.6) is 0 Å². The Kier molecular flexibility index (Phi) is 6.70. The minimum absolute atomic E-state index is 0.0739. The van der Waals surface area contributed by atoms with Gasteiger partial charge in [-0.3, -0.25) is 4.79 Å². The highest BCUT2D eigenvalue weighted by Gasteiger charge is 2.23. The molecule has 2 rings (SSSR count). The van der Waals surface area contributed by atoms with E-state index >= 15 is 0 Å². The number of carbonyl (C=O) groups is 2. The molecule has 0 bridgehead atoms. The predicted octanol–water partition coefficient (Wildman–Crippen LogP) is 2.44. The van der Waals surface area contributed by atoms with Crippen LogP contribution in [0, 0.1) is 5.92 Å². The largest absolute Gasteiger partial charge is 0.481 e. The second kappa shape index (κ2) is 8.76. The van der Waals surface area contributed by atoms with Gasteiger partial charge in [0.15, 0.2) is 0 Å². The molecule has 1 aromatic rings. The van der Waals surface area contributed by atoms with Crippen LogP contribution in [0.25, 0.3) is 0 Å². The number of hydrogen-bond acceptors (Lipinski definition) is 3. The van der Waals surface area contributed by atoms with Crippen LogP contribution in [-0.4, -0.2) is 43.3 Å². The van der Waals surface area contributed by atoms with Gasteiger partial charge in [0.05, 0.1) is 0 Å². The summed E-state index contributed by atoms with van der Waals surface area (Å²) in [6.45, 7) is 2.93. The van der Waals surface area contributed by atoms with E-state index in [0.29, 0.717) is 25.4 Å². The molecule has 0 radical (unpaired) electrons. The zero-order chi connectivity index (χ0) is 16.7. The number of carbonyl (C=O) groups excluding carboxylic acids is 1. The molecule has 0 saturated carbocycles. The van der Waals surface area contributed by atoms with Crippen LogP contribution in [0.15, 0.2) is 28.7 Å². The highest BCUT2D eigenvalue weighted by atomic mass is 79.9. The number of hydrogen-bond donors (Lipinski definition) is 3. The fourth-order valence-corrected chi connectivity index (χ4v) is 3.03. The minimum atomic E-state index is -0.842. The Morgan fingerprint density at radius 3 is 2.91 bits per heavy atom. The summed E-state index contributed by atoms with van der Waals surface area (Å²) >= 11 is 3.48. The molecule has 1 fully saturated rings. The van der Waals surface area contributed by atoms with Crippen molar-refractivity contribution in [2.45, 2.75) is 19.3 Å². The van der Waals surface area contributed by atoms with E-state index in [2.05, 4.69) is 43.6 Å². The van der Waals surface area contributed by atoms with Crippen molar-refractivity contribution >= 4 is 33.6 Å². The van der Waals surface area contributed by atoms with Gasteiger partial charge in [-0.2, -0.15) is 0 Å². The van der Waals surface area contributed by atoms with Gasteiger partial charge in [-0.15, -0.1) is 0 Å². The third-order valence-electron chi connectivity index (χ3n) is 3.86. The zero-order valence-corrected chi connectivity index (χ0v) is 14.5. The van der Waals surface area contributed by atoms with E-state index in [-0.39, 0.29) is 12.5 Å². The third kappa shape index (κ3) is 6.09. The molecule has 1 saturated heterocycles. The monoisotopic (exact) mass is 383 g/mol. The van der Waals surface area contributed by atoms with Crippen LogP contribution >= 0.6 is 15.9 Å². The second-order valence-electron chi connectivity index (χ2n) is 5.71. The molecule has 6 nitrogen and oxygen atoms in total. The van der Waals surface area contributed by atoms with Gasteiger partial charge >= 0.3 is 12.0 Å². The van der Waals surface area contributed by atoms with Crippen LogP contribution in [-0.2, 0) is 4.79 Å². The topological polar surface area (TPSA) is 81.7 Å². The van der Waals surface area contributed by atoms with Gasteiger partial charge in [-0.05, 0) is 37.0 Å². The predicted molar refractivity (Wildman–Crippen MR) is 92.7 cm³/mol. The Bertz CT molecular complexity index is 553. The normalized spacial score (nSPS) is 17.1. The molecular weight excluding hydrogens is 362 g/mol. The summed E-state index contributed by atoms with van der Waals surface area (Å²) in [5.74, 6) is -0.412. The fourth-order valence-electron chi connectivity index (χ4n) is 2.65. The molecular formula is C16H22BrN3O3. The number of urea groups is 1. The molecule has 0 aliphatic carbocycles. The summed E-state index contributed by atoms with van der Waals surface area (Å²) in [6, 6.07) is 8.00. The van der Waals surface area contributed by atoms with Gasteiger partial charge in [0.1, 0.15) is 0 Å². The van der Waals surface area contributed by atoms with E-state index in [9.17, 15) is 9.59 Å². The fraction of sp³-hybridized carbons (Fsp3) is 0.500. The number of rotatable bonds is 7. The summed E-state index contributed by atoms with van der Waals surface area (Å²) in [4.78, 5) is 24.3. The van der Waals surface area contributed by atoms with E-state index in [0.717, 1.165) is 24.0 Å². The summed E-state index contributed by atoms with van der Waals surface area (Å²) in [5, 5.41) is 14.1. The molecule has 7 heteroatoms. The van der Waals surface area contributed by atoms with E-state index in [1.54, 1.807) is 0 Å². The van der Waals surface area contributed by atoms with Crippen molar-refractivity contribution in [3.8, 4) is 0 Å². The number of aliphatic carboxylic acids is 1. The van der Waals surface area contributed by atoms with Crippen LogP contribution in [0.4, 0.5) is 10.5 Å². The number of anilines is 1. The summed E-state index contributed by atoms with van der Waals surface area (Å²) < 4.78 is 1.07. The van der Waals surface area contributed by atoms with Gasteiger partial charge in [-0.1, -0.05) is 22.0 Å². The first kappa shape index (κ1) is 17.6. The second-order valence-corrected chi connectivity index (χ2v) is 6.63. The standard InChI is InChI=1S/C16H22BrN3O3/c17-13-3-1-4-14(9-13)20-8-6-12(11-20)10-19-16(23)18-7-2-5-15(21)22/h1,3-4,9,12H,2,5-8,10-11H2,(H,21,22)(H2,18,19,23). The maximum absolute atomic E-state index is 11.7. The quantitative estimate of drug-likeness (QED) is 0.631. The van der Waals surface area contributed by atoms with Crippen molar-refractivity contribution < 1.29 is 14.7 Å². The highest BCUT2D eigenvalue weighted by Crippen LogP contribution is 2.25. The number of nitrogens with one attached hydrogen (secondary N) is 2. The summed E-state index contributed by atoms with van der Waals surface area (Å²) in [6.07, 6.45) is 1.57. The van der Waals surface area contributed by atoms with Gasteiger partial charge in [-0.25, -0.2) is 4.79 Å². The molecule has 0 spiro atoms. The maximum atomic E-state index is 11.7. The lowest BCUT2D eigenvalue weighted by Gasteiger charge is -2.19. The number of nitrogens with zero attached hydrogens (tertiary/aromatic N) is 1. The van der Waals surface area contributed by atoms with Crippen LogP contribution in [0.2, 0.25) is 0 Å². The molecule has 1 heterocycles. The van der Waals surface area contributed by atoms with E-state index < -0.39 is 5.97 Å². The lowest BCUT2D eigenvalue weighted by Crippen LogP contribution is -2.39. The molecule has 0 aromatic heterocycles. The maximum Gasteiger partial charge on any atom is 0.314 e. The Hall–Kier alpha value is -1.76. The van der Waals surface area contributed by atoms with Gasteiger partial charge in [0.25, 0.3) is 0 Å². The number of carboxylic acids is 1. The number of amides is 2. The van der Waals surface area contributed by atoms with Crippen molar-refractivity contribution in [2.75, 3.05) is 31.1 Å². The average Bonchev–Trinajstić information content (AvgIpc) is 2.98. The summed E-state index contributed by atoms with van der Waals surface area (Å²) in [5.41, 5.74) is 1.19. The lowest BCUT2D eigenvalue weighted by molar-refractivity contribution is -0.137. The molecule has 1 aliphatic rings. The van der Waals surface area contributed by atoms with Crippen molar-refractivity contribution in [3.63, 3.8) is 0 Å². The highest BCUT2D eigenvalue weighted by molar-refractivity contribution is 9.10. The molecule has 1 aliphatic heterocycles. The molecule has 1 aromatic carbocycles. The van der Waals surface area contributed by atoms with Gasteiger partial charge in [0.2, 0.25) is 0 Å². The number of benzene rings is 1. The molecule has 1 unspecified atom stereocenters. The minimum Gasteiger partial charge on any atom is -0.481 e. The van der Waals surface area contributed by atoms with Crippen LogP contribution in [0.1, 0.15) is 19.3 Å². The Labute approximate surface area is 144 Å². The van der Waals surface area contributed by atoms with Crippen molar-refractivity contribution in [3.05, 3.63) is 28.7 Å². The zero-order valence-electron chi connectivity index (χ0n) is 12.9. The smallest absolute Gasteiger partial charge is 0.314 e. The third-order valence-corrected chi connectivity index (χ3v) is 4.36. The number of carboxylic acid groups (broad SMARTS) is 1. The summed E-state index contributed by atoms with van der Waals surface area (Å²) in [7, 11) is 0. The Balaban J connectivity index is 1.65.